The summed E-state index contributed by atoms with van der Waals surface area (Å²) in [6.07, 6.45) is 0. The van der Waals surface area contributed by atoms with Gasteiger partial charge in [0.05, 0.1) is 18.7 Å². The molecule has 0 atom stereocenters. The summed E-state index contributed by atoms with van der Waals surface area (Å²) in [7, 11) is 4.72. The van der Waals surface area contributed by atoms with Gasteiger partial charge in [-0.05, 0) is 22.0 Å². The molecule has 0 bridgehead atoms. The van der Waals surface area contributed by atoms with E-state index in [2.05, 4.69) is 15.9 Å². The first kappa shape index (κ1) is 12.1. The van der Waals surface area contributed by atoms with Crippen LogP contribution in [0.4, 0.5) is 0 Å². The molecule has 0 heterocycles. The second-order valence-electron chi connectivity index (χ2n) is 2.69. The predicted molar refractivity (Wildman–Crippen MR) is 59.8 cm³/mol. The number of halogens is 1. The standard InChI is InChI=1S/C10H13BrO4/c1-12-6-15-10-8(11)4-7(13-2)5-9(10)14-3/h4-5H,6H2,1-3H3. The second-order valence-corrected chi connectivity index (χ2v) is 3.55. The number of rotatable bonds is 5. The van der Waals surface area contributed by atoms with Crippen LogP contribution < -0.4 is 14.2 Å². The van der Waals surface area contributed by atoms with Crippen molar-refractivity contribution in [2.24, 2.45) is 0 Å². The van der Waals surface area contributed by atoms with Crippen LogP contribution in [0.2, 0.25) is 0 Å². The monoisotopic (exact) mass is 276 g/mol. The molecule has 0 aromatic heterocycles. The first-order valence-electron chi connectivity index (χ1n) is 4.26. The smallest absolute Gasteiger partial charge is 0.188 e. The third kappa shape index (κ3) is 3.00. The molecule has 0 aliphatic heterocycles. The molecular weight excluding hydrogens is 264 g/mol. The molecule has 0 N–H and O–H groups in total. The van der Waals surface area contributed by atoms with Crippen molar-refractivity contribution < 1.29 is 18.9 Å². The van der Waals surface area contributed by atoms with Crippen molar-refractivity contribution in [2.75, 3.05) is 28.1 Å². The topological polar surface area (TPSA) is 36.9 Å². The molecule has 1 rings (SSSR count). The van der Waals surface area contributed by atoms with E-state index in [1.165, 1.54) is 0 Å². The molecule has 0 radical (unpaired) electrons. The van der Waals surface area contributed by atoms with E-state index in [0.717, 1.165) is 4.47 Å². The highest BCUT2D eigenvalue weighted by molar-refractivity contribution is 9.10. The van der Waals surface area contributed by atoms with Crippen LogP contribution in [-0.4, -0.2) is 28.1 Å². The first-order valence-corrected chi connectivity index (χ1v) is 5.05. The summed E-state index contributed by atoms with van der Waals surface area (Å²) in [5.74, 6) is 1.89. The van der Waals surface area contributed by atoms with Crippen LogP contribution in [0.3, 0.4) is 0 Å². The van der Waals surface area contributed by atoms with Crippen molar-refractivity contribution in [3.63, 3.8) is 0 Å². The minimum atomic E-state index is 0.168. The average Bonchev–Trinajstić information content (AvgIpc) is 2.26. The van der Waals surface area contributed by atoms with Gasteiger partial charge in [0, 0.05) is 13.2 Å². The van der Waals surface area contributed by atoms with Gasteiger partial charge in [0.25, 0.3) is 0 Å². The largest absolute Gasteiger partial charge is 0.497 e. The lowest BCUT2D eigenvalue weighted by molar-refractivity contribution is 0.0485. The van der Waals surface area contributed by atoms with E-state index >= 15 is 0 Å². The minimum absolute atomic E-state index is 0.168. The van der Waals surface area contributed by atoms with Gasteiger partial charge in [0.1, 0.15) is 5.75 Å². The Hall–Kier alpha value is -0.940. The summed E-state index contributed by atoms with van der Waals surface area (Å²) in [6.45, 7) is 0.168. The maximum Gasteiger partial charge on any atom is 0.188 e. The van der Waals surface area contributed by atoms with E-state index in [9.17, 15) is 0 Å². The Morgan fingerprint density at radius 1 is 1.13 bits per heavy atom. The van der Waals surface area contributed by atoms with Crippen LogP contribution >= 0.6 is 15.9 Å². The maximum absolute atomic E-state index is 5.36. The molecule has 0 aliphatic rings. The van der Waals surface area contributed by atoms with Gasteiger partial charge < -0.3 is 18.9 Å². The maximum atomic E-state index is 5.36. The highest BCUT2D eigenvalue weighted by Gasteiger charge is 2.11. The van der Waals surface area contributed by atoms with Crippen LogP contribution in [0, 0.1) is 0 Å². The lowest BCUT2D eigenvalue weighted by Gasteiger charge is -2.13. The molecule has 15 heavy (non-hydrogen) atoms. The summed E-state index contributed by atoms with van der Waals surface area (Å²) in [5.41, 5.74) is 0. The van der Waals surface area contributed by atoms with E-state index in [1.807, 2.05) is 0 Å². The van der Waals surface area contributed by atoms with Gasteiger partial charge in [-0.3, -0.25) is 0 Å². The lowest BCUT2D eigenvalue weighted by Crippen LogP contribution is -2.01. The van der Waals surface area contributed by atoms with Gasteiger partial charge >= 0.3 is 0 Å². The van der Waals surface area contributed by atoms with Crippen LogP contribution in [0.5, 0.6) is 17.2 Å². The van der Waals surface area contributed by atoms with E-state index in [4.69, 9.17) is 18.9 Å². The van der Waals surface area contributed by atoms with Crippen molar-refractivity contribution >= 4 is 15.9 Å². The van der Waals surface area contributed by atoms with Crippen molar-refractivity contribution in [3.05, 3.63) is 16.6 Å². The van der Waals surface area contributed by atoms with Crippen LogP contribution in [-0.2, 0) is 4.74 Å². The zero-order valence-electron chi connectivity index (χ0n) is 8.87. The third-order valence-corrected chi connectivity index (χ3v) is 2.35. The number of benzene rings is 1. The summed E-state index contributed by atoms with van der Waals surface area (Å²) >= 11 is 3.37. The minimum Gasteiger partial charge on any atom is -0.497 e. The van der Waals surface area contributed by atoms with Crippen LogP contribution in [0.25, 0.3) is 0 Å². The van der Waals surface area contributed by atoms with Gasteiger partial charge in [0.15, 0.2) is 18.3 Å². The third-order valence-electron chi connectivity index (χ3n) is 1.76. The summed E-state index contributed by atoms with van der Waals surface area (Å²) < 4.78 is 21.2. The first-order chi connectivity index (χ1) is 7.22. The molecule has 0 saturated heterocycles. The summed E-state index contributed by atoms with van der Waals surface area (Å²) in [4.78, 5) is 0. The molecule has 84 valence electrons. The zero-order valence-corrected chi connectivity index (χ0v) is 10.5. The fourth-order valence-electron chi connectivity index (χ4n) is 1.07. The number of hydrogen-bond acceptors (Lipinski definition) is 4. The molecule has 0 aliphatic carbocycles. The molecule has 0 unspecified atom stereocenters. The zero-order chi connectivity index (χ0) is 11.3. The fraction of sp³-hybridized carbons (Fsp3) is 0.400. The number of hydrogen-bond donors (Lipinski definition) is 0. The quantitative estimate of drug-likeness (QED) is 0.775. The van der Waals surface area contributed by atoms with Gasteiger partial charge in [-0.1, -0.05) is 0 Å². The molecule has 0 amide bonds. The molecule has 4 nitrogen and oxygen atoms in total. The Morgan fingerprint density at radius 2 is 1.87 bits per heavy atom. The average molecular weight is 277 g/mol. The summed E-state index contributed by atoms with van der Waals surface area (Å²) in [6, 6.07) is 3.54. The molecular formula is C10H13BrO4. The predicted octanol–water partition coefficient (Wildman–Crippen LogP) is 2.45. The van der Waals surface area contributed by atoms with E-state index < -0.39 is 0 Å². The summed E-state index contributed by atoms with van der Waals surface area (Å²) in [5, 5.41) is 0. The van der Waals surface area contributed by atoms with Crippen molar-refractivity contribution in [1.82, 2.24) is 0 Å². The Balaban J connectivity index is 3.01. The van der Waals surface area contributed by atoms with Gasteiger partial charge in [-0.2, -0.15) is 0 Å². The molecule has 0 saturated carbocycles. The lowest BCUT2D eigenvalue weighted by atomic mass is 10.3. The van der Waals surface area contributed by atoms with Crippen LogP contribution in [0.15, 0.2) is 16.6 Å². The molecule has 0 spiro atoms. The Labute approximate surface area is 97.2 Å². The van der Waals surface area contributed by atoms with E-state index in [0.29, 0.717) is 17.2 Å². The number of methoxy groups -OCH3 is 3. The fourth-order valence-corrected chi connectivity index (χ4v) is 1.61. The van der Waals surface area contributed by atoms with E-state index in [-0.39, 0.29) is 6.79 Å². The Bertz CT molecular complexity index is 327. The van der Waals surface area contributed by atoms with Gasteiger partial charge in [0.2, 0.25) is 0 Å². The Morgan fingerprint density at radius 3 is 2.40 bits per heavy atom. The van der Waals surface area contributed by atoms with Crippen molar-refractivity contribution in [3.8, 4) is 17.2 Å². The molecule has 1 aromatic rings. The van der Waals surface area contributed by atoms with Crippen LogP contribution in [0.1, 0.15) is 0 Å². The normalized spacial score (nSPS) is 9.87. The molecule has 5 heteroatoms. The van der Waals surface area contributed by atoms with Gasteiger partial charge in [-0.25, -0.2) is 0 Å². The van der Waals surface area contributed by atoms with Crippen molar-refractivity contribution in [2.45, 2.75) is 0 Å². The van der Waals surface area contributed by atoms with E-state index in [1.54, 1.807) is 33.5 Å². The highest BCUT2D eigenvalue weighted by atomic mass is 79.9. The highest BCUT2D eigenvalue weighted by Crippen LogP contribution is 2.39. The molecule has 0 fully saturated rings. The van der Waals surface area contributed by atoms with Gasteiger partial charge in [-0.15, -0.1) is 0 Å². The van der Waals surface area contributed by atoms with Crippen molar-refractivity contribution in [1.29, 1.82) is 0 Å². The number of ether oxygens (including phenoxy) is 4. The second kappa shape index (κ2) is 5.82. The Kier molecular flexibility index (Phi) is 4.71. The molecule has 1 aromatic carbocycles. The SMILES string of the molecule is COCOc1c(Br)cc(OC)cc1OC.